The number of fused-ring (bicyclic) bond motifs is 4. The van der Waals surface area contributed by atoms with Gasteiger partial charge in [0.05, 0.1) is 0 Å². The van der Waals surface area contributed by atoms with Crippen molar-refractivity contribution in [3.63, 3.8) is 0 Å². The third kappa shape index (κ3) is 1.87. The van der Waals surface area contributed by atoms with E-state index < -0.39 is 0 Å². The van der Waals surface area contributed by atoms with Crippen molar-refractivity contribution in [3.05, 3.63) is 29.0 Å². The second-order valence-electron chi connectivity index (χ2n) is 7.91. The molecule has 0 aromatic carbocycles. The van der Waals surface area contributed by atoms with Gasteiger partial charge in [-0.25, -0.2) is 0 Å². The van der Waals surface area contributed by atoms with Crippen LogP contribution in [0.5, 0.6) is 0 Å². The Morgan fingerprint density at radius 1 is 1.14 bits per heavy atom. The van der Waals surface area contributed by atoms with E-state index in [4.69, 9.17) is 0 Å². The molecule has 2 fully saturated rings. The van der Waals surface area contributed by atoms with Gasteiger partial charge in [-0.05, 0) is 73.7 Å². The molecule has 1 nitrogen and oxygen atoms in total. The molecule has 0 aliphatic heterocycles. The summed E-state index contributed by atoms with van der Waals surface area (Å²) in [5.41, 5.74) is 8.40. The molecule has 1 heteroatoms. The van der Waals surface area contributed by atoms with Crippen molar-refractivity contribution in [2.45, 2.75) is 64.7 Å². The van der Waals surface area contributed by atoms with E-state index in [1.54, 1.807) is 5.57 Å². The highest BCUT2D eigenvalue weighted by Gasteiger charge is 2.53. The lowest BCUT2D eigenvalue weighted by atomic mass is 9.54. The van der Waals surface area contributed by atoms with Crippen molar-refractivity contribution in [2.75, 3.05) is 0 Å². The Hall–Kier alpha value is -1.07. The average molecular weight is 282 g/mol. The van der Waals surface area contributed by atoms with Crippen LogP contribution < -0.4 is 0 Å². The second kappa shape index (κ2) is 4.71. The normalized spacial score (nSPS) is 42.2. The predicted molar refractivity (Wildman–Crippen MR) is 84.8 cm³/mol. The molecule has 21 heavy (non-hydrogen) atoms. The molecule has 0 N–H and O–H groups in total. The van der Waals surface area contributed by atoms with Gasteiger partial charge in [0.2, 0.25) is 0 Å². The van der Waals surface area contributed by atoms with Crippen LogP contribution >= 0.6 is 0 Å². The van der Waals surface area contributed by atoms with E-state index in [-0.39, 0.29) is 0 Å². The first kappa shape index (κ1) is 13.6. The summed E-state index contributed by atoms with van der Waals surface area (Å²) in [6.45, 7) is 6.42. The number of hydrogen-bond acceptors (Lipinski definition) is 1. The van der Waals surface area contributed by atoms with Crippen LogP contribution in [0, 0.1) is 23.2 Å². The number of rotatable bonds is 0. The average Bonchev–Trinajstić information content (AvgIpc) is 2.83. The molecule has 3 unspecified atom stereocenters. The number of ketones is 1. The summed E-state index contributed by atoms with van der Waals surface area (Å²) in [6, 6.07) is 0. The molecule has 0 bridgehead atoms. The van der Waals surface area contributed by atoms with Crippen LogP contribution in [-0.2, 0) is 4.79 Å². The lowest BCUT2D eigenvalue weighted by Crippen LogP contribution is -2.42. The van der Waals surface area contributed by atoms with Crippen molar-refractivity contribution >= 4 is 5.78 Å². The van der Waals surface area contributed by atoms with Gasteiger partial charge in [-0.3, -0.25) is 4.79 Å². The van der Waals surface area contributed by atoms with Crippen molar-refractivity contribution in [1.29, 1.82) is 0 Å². The molecule has 4 rings (SSSR count). The van der Waals surface area contributed by atoms with Gasteiger partial charge in [-0.1, -0.05) is 24.6 Å². The first-order valence-electron chi connectivity index (χ1n) is 8.75. The molecule has 0 spiro atoms. The fourth-order valence-corrected chi connectivity index (χ4v) is 6.15. The molecule has 0 radical (unpaired) electrons. The third-order valence-electron chi connectivity index (χ3n) is 7.20. The van der Waals surface area contributed by atoms with Gasteiger partial charge in [0.25, 0.3) is 0 Å². The van der Waals surface area contributed by atoms with Crippen LogP contribution in [0.1, 0.15) is 64.7 Å². The topological polar surface area (TPSA) is 17.1 Å². The highest BCUT2D eigenvalue weighted by atomic mass is 16.1. The Balaban J connectivity index is 1.68. The van der Waals surface area contributed by atoms with Gasteiger partial charge in [0.15, 0.2) is 0 Å². The standard InChI is InChI=1S/C20H26O/c1-3-14-5-9-19-18-7-4-13-12-15(21)6-8-16(13)17(18)10-11-20(14,19)2/h17-19H,1,4-12H2,2H3/t17?,18?,19?,20-/m1/s1. The van der Waals surface area contributed by atoms with E-state index in [0.29, 0.717) is 11.2 Å². The summed E-state index contributed by atoms with van der Waals surface area (Å²) in [4.78, 5) is 11.7. The van der Waals surface area contributed by atoms with E-state index in [1.807, 2.05) is 0 Å². The van der Waals surface area contributed by atoms with E-state index in [9.17, 15) is 4.79 Å². The maximum absolute atomic E-state index is 11.7. The van der Waals surface area contributed by atoms with Gasteiger partial charge in [0, 0.05) is 12.8 Å². The first-order valence-corrected chi connectivity index (χ1v) is 8.75. The summed E-state index contributed by atoms with van der Waals surface area (Å²) >= 11 is 0. The van der Waals surface area contributed by atoms with Crippen LogP contribution in [0.25, 0.3) is 0 Å². The molecular weight excluding hydrogens is 256 g/mol. The number of hydrogen-bond donors (Lipinski definition) is 0. The van der Waals surface area contributed by atoms with Crippen LogP contribution in [0.4, 0.5) is 0 Å². The zero-order valence-electron chi connectivity index (χ0n) is 13.2. The Morgan fingerprint density at radius 2 is 2.00 bits per heavy atom. The zero-order valence-corrected chi connectivity index (χ0v) is 13.2. The number of carbonyl (C=O) groups is 1. The maximum atomic E-state index is 11.7. The Kier molecular flexibility index (Phi) is 3.05. The van der Waals surface area contributed by atoms with Crippen molar-refractivity contribution < 1.29 is 4.79 Å². The summed E-state index contributed by atoms with van der Waals surface area (Å²) in [5.74, 6) is 2.98. The monoisotopic (exact) mass is 282 g/mol. The van der Waals surface area contributed by atoms with E-state index >= 15 is 0 Å². The maximum Gasteiger partial charge on any atom is 0.137 e. The predicted octanol–water partition coefficient (Wildman–Crippen LogP) is 4.98. The van der Waals surface area contributed by atoms with E-state index in [1.165, 1.54) is 49.7 Å². The molecule has 4 atom stereocenters. The highest BCUT2D eigenvalue weighted by Crippen LogP contribution is 2.62. The highest BCUT2D eigenvalue weighted by molar-refractivity contribution is 5.82. The fourth-order valence-electron chi connectivity index (χ4n) is 6.15. The molecule has 0 aromatic rings. The number of Topliss-reactive ketones (excluding diaryl/α,β-unsaturated/α-hetero) is 1. The molecule has 4 aliphatic rings. The quantitative estimate of drug-likeness (QED) is 0.452. The minimum atomic E-state index is 0.380. The lowest BCUT2D eigenvalue weighted by molar-refractivity contribution is -0.119. The van der Waals surface area contributed by atoms with Gasteiger partial charge >= 0.3 is 0 Å². The van der Waals surface area contributed by atoms with E-state index in [0.717, 1.165) is 37.0 Å². The number of allylic oxidation sites excluding steroid dienone is 3. The molecule has 2 saturated carbocycles. The van der Waals surface area contributed by atoms with Gasteiger partial charge in [-0.15, -0.1) is 5.73 Å². The van der Waals surface area contributed by atoms with Crippen molar-refractivity contribution in [1.82, 2.24) is 0 Å². The summed E-state index contributed by atoms with van der Waals surface area (Å²) in [7, 11) is 0. The SMILES string of the molecule is C=C=C1CCC2C3CCC4=C(CCC(=O)C4)C3CC[C@]12C. The molecule has 112 valence electrons. The minimum absolute atomic E-state index is 0.380. The largest absolute Gasteiger partial charge is 0.299 e. The summed E-state index contributed by atoms with van der Waals surface area (Å²) < 4.78 is 0. The third-order valence-corrected chi connectivity index (χ3v) is 7.20. The molecule has 4 aliphatic carbocycles. The number of carbonyl (C=O) groups excluding carboxylic acids is 1. The lowest BCUT2D eigenvalue weighted by Gasteiger charge is -2.50. The van der Waals surface area contributed by atoms with Crippen LogP contribution in [0.15, 0.2) is 29.0 Å². The van der Waals surface area contributed by atoms with Gasteiger partial charge in [0.1, 0.15) is 5.78 Å². The van der Waals surface area contributed by atoms with Crippen molar-refractivity contribution in [2.24, 2.45) is 23.2 Å². The Labute approximate surface area is 128 Å². The van der Waals surface area contributed by atoms with Gasteiger partial charge in [-0.2, -0.15) is 0 Å². The van der Waals surface area contributed by atoms with E-state index in [2.05, 4.69) is 19.2 Å². The molecular formula is C20H26O. The molecule has 0 saturated heterocycles. The fraction of sp³-hybridized carbons (Fsp3) is 0.700. The van der Waals surface area contributed by atoms with Gasteiger partial charge < -0.3 is 0 Å². The zero-order chi connectivity index (χ0) is 14.6. The molecule has 0 heterocycles. The first-order chi connectivity index (χ1) is 10.1. The summed E-state index contributed by atoms with van der Waals surface area (Å²) in [6.07, 6.45) is 10.4. The second-order valence-corrected chi connectivity index (χ2v) is 7.91. The van der Waals surface area contributed by atoms with Crippen LogP contribution in [0.2, 0.25) is 0 Å². The Bertz CT molecular complexity index is 575. The van der Waals surface area contributed by atoms with Crippen molar-refractivity contribution in [3.8, 4) is 0 Å². The minimum Gasteiger partial charge on any atom is -0.299 e. The Morgan fingerprint density at radius 3 is 2.81 bits per heavy atom. The van der Waals surface area contributed by atoms with Crippen LogP contribution in [-0.4, -0.2) is 5.78 Å². The summed E-state index contributed by atoms with van der Waals surface area (Å²) in [5, 5.41) is 0. The molecule has 0 amide bonds. The molecule has 0 aromatic heterocycles. The smallest absolute Gasteiger partial charge is 0.137 e. The van der Waals surface area contributed by atoms with Crippen LogP contribution in [0.3, 0.4) is 0 Å².